The first-order valence-electron chi connectivity index (χ1n) is 3.29. The molecule has 13 heavy (non-hydrogen) atoms. The lowest BCUT2D eigenvalue weighted by Crippen LogP contribution is -1.93. The fourth-order valence-electron chi connectivity index (χ4n) is 0.714. The zero-order valence-electron chi connectivity index (χ0n) is 7.14. The minimum Gasteiger partial charge on any atom is -0.348 e. The monoisotopic (exact) mass is 187 g/mol. The van der Waals surface area contributed by atoms with Crippen molar-refractivity contribution in [3.8, 4) is 0 Å². The molecule has 0 saturated carbocycles. The first-order valence-corrected chi connectivity index (χ1v) is 3.29. The molecule has 1 heterocycles. The number of hydrogen-bond donors (Lipinski definition) is 2. The maximum atomic E-state index is 10.6. The highest BCUT2D eigenvalue weighted by Gasteiger charge is 2.03. The highest BCUT2D eigenvalue weighted by atomic mass is 16.9. The molecule has 0 bridgehead atoms. The highest BCUT2D eigenvalue weighted by molar-refractivity contribution is 5.93. The van der Waals surface area contributed by atoms with E-state index < -0.39 is 5.09 Å². The Kier molecular flexibility index (Phi) is 4.14. The lowest BCUT2D eigenvalue weighted by Gasteiger charge is -1.86. The van der Waals surface area contributed by atoms with Crippen molar-refractivity contribution in [1.29, 1.82) is 0 Å². The van der Waals surface area contributed by atoms with Crippen molar-refractivity contribution in [2.75, 3.05) is 0 Å². The van der Waals surface area contributed by atoms with Gasteiger partial charge in [-0.3, -0.25) is 4.79 Å². The van der Waals surface area contributed by atoms with Crippen LogP contribution in [-0.4, -0.2) is 26.0 Å². The van der Waals surface area contributed by atoms with Gasteiger partial charge in [0.2, 0.25) is 0 Å². The van der Waals surface area contributed by atoms with Crippen molar-refractivity contribution in [2.45, 2.75) is 13.8 Å². The standard InChI is InChI=1S/C6H8N2O.HNO3/c1-4-6(5(2)9)8-3-7-4;2-1(3)4/h3H,1-2H3,(H,7,8);(H,2,3,4). The van der Waals surface area contributed by atoms with Crippen molar-refractivity contribution in [1.82, 2.24) is 9.97 Å². The minimum atomic E-state index is -1.50. The predicted octanol–water partition coefficient (Wildman–Crippen LogP) is 0.573. The fraction of sp³-hybridized carbons (Fsp3) is 0.333. The number of aromatic amines is 1. The molecule has 0 fully saturated rings. The number of ketones is 1. The number of imidazole rings is 1. The summed E-state index contributed by atoms with van der Waals surface area (Å²) >= 11 is 0. The van der Waals surface area contributed by atoms with E-state index in [1.54, 1.807) is 0 Å². The van der Waals surface area contributed by atoms with Crippen LogP contribution in [0, 0.1) is 17.0 Å². The summed E-state index contributed by atoms with van der Waals surface area (Å²) in [4.78, 5) is 25.6. The van der Waals surface area contributed by atoms with E-state index in [-0.39, 0.29) is 5.78 Å². The van der Waals surface area contributed by atoms with E-state index in [9.17, 15) is 4.79 Å². The van der Waals surface area contributed by atoms with E-state index in [1.165, 1.54) is 13.3 Å². The normalized spacial score (nSPS) is 8.46. The van der Waals surface area contributed by atoms with Gasteiger partial charge in [0, 0.05) is 12.6 Å². The molecule has 0 saturated heterocycles. The van der Waals surface area contributed by atoms with E-state index in [2.05, 4.69) is 9.97 Å². The van der Waals surface area contributed by atoms with Gasteiger partial charge in [0.15, 0.2) is 5.78 Å². The van der Waals surface area contributed by atoms with Crippen molar-refractivity contribution in [3.63, 3.8) is 0 Å². The Balaban J connectivity index is 0.000000310. The second-order valence-corrected chi connectivity index (χ2v) is 2.17. The maximum Gasteiger partial charge on any atom is 0.291 e. The number of aromatic nitrogens is 2. The Morgan fingerprint density at radius 3 is 2.38 bits per heavy atom. The number of aryl methyl sites for hydroxylation is 1. The quantitative estimate of drug-likeness (QED) is 0.379. The third kappa shape index (κ3) is 4.51. The van der Waals surface area contributed by atoms with E-state index in [0.29, 0.717) is 5.69 Å². The molecule has 1 aromatic rings. The fourth-order valence-corrected chi connectivity index (χ4v) is 0.714. The summed E-state index contributed by atoms with van der Waals surface area (Å²) in [5.41, 5.74) is 1.37. The first-order chi connectivity index (χ1) is 5.95. The second kappa shape index (κ2) is 4.86. The van der Waals surface area contributed by atoms with Crippen LogP contribution in [0.25, 0.3) is 0 Å². The molecule has 0 aliphatic rings. The lowest BCUT2D eigenvalue weighted by atomic mass is 10.3. The Morgan fingerprint density at radius 1 is 1.77 bits per heavy atom. The molecule has 0 aromatic carbocycles. The van der Waals surface area contributed by atoms with E-state index in [4.69, 9.17) is 15.3 Å². The molecular formula is C6H9N3O4. The van der Waals surface area contributed by atoms with Gasteiger partial charge in [0.05, 0.1) is 6.33 Å². The number of H-pyrrole nitrogens is 1. The number of carbonyl (C=O) groups excluding carboxylic acids is 1. The third-order valence-electron chi connectivity index (χ3n) is 1.16. The smallest absolute Gasteiger partial charge is 0.291 e. The largest absolute Gasteiger partial charge is 0.348 e. The second-order valence-electron chi connectivity index (χ2n) is 2.17. The van der Waals surface area contributed by atoms with Crippen molar-refractivity contribution < 1.29 is 15.1 Å². The Bertz CT molecular complexity index is 303. The molecule has 0 aliphatic carbocycles. The predicted molar refractivity (Wildman–Crippen MR) is 42.1 cm³/mol. The van der Waals surface area contributed by atoms with Gasteiger partial charge >= 0.3 is 0 Å². The Morgan fingerprint density at radius 2 is 2.23 bits per heavy atom. The van der Waals surface area contributed by atoms with E-state index in [0.717, 1.165) is 5.69 Å². The van der Waals surface area contributed by atoms with E-state index in [1.807, 2.05) is 6.92 Å². The number of Topliss-reactive ketones (excluding diaryl/α,β-unsaturated/α-hetero) is 1. The average Bonchev–Trinajstić information content (AvgIpc) is 2.33. The molecule has 0 unspecified atom stereocenters. The molecule has 0 spiro atoms. The SMILES string of the molecule is CC(=O)c1nc[nH]c1C.O=[N+]([O-])O. The summed E-state index contributed by atoms with van der Waals surface area (Å²) in [5.74, 6) is 0.00810. The van der Waals surface area contributed by atoms with Crippen molar-refractivity contribution in [2.24, 2.45) is 0 Å². The third-order valence-corrected chi connectivity index (χ3v) is 1.16. The molecule has 1 aromatic heterocycles. The highest BCUT2D eigenvalue weighted by Crippen LogP contribution is 1.99. The molecule has 0 radical (unpaired) electrons. The van der Waals surface area contributed by atoms with Gasteiger partial charge in [-0.25, -0.2) is 4.98 Å². The van der Waals surface area contributed by atoms with Crippen LogP contribution in [0.4, 0.5) is 0 Å². The zero-order valence-corrected chi connectivity index (χ0v) is 7.14. The van der Waals surface area contributed by atoms with E-state index >= 15 is 0 Å². The van der Waals surface area contributed by atoms with Gasteiger partial charge in [-0.05, 0) is 6.92 Å². The Labute approximate surface area is 73.5 Å². The van der Waals surface area contributed by atoms with Crippen LogP contribution in [0.5, 0.6) is 0 Å². The molecule has 72 valence electrons. The van der Waals surface area contributed by atoms with Gasteiger partial charge in [0.25, 0.3) is 5.09 Å². The lowest BCUT2D eigenvalue weighted by molar-refractivity contribution is -0.742. The van der Waals surface area contributed by atoms with Crippen molar-refractivity contribution >= 4 is 5.78 Å². The topological polar surface area (TPSA) is 109 Å². The van der Waals surface area contributed by atoms with Gasteiger partial charge < -0.3 is 10.2 Å². The summed E-state index contributed by atoms with van der Waals surface area (Å²) < 4.78 is 0. The number of hydrogen-bond acceptors (Lipinski definition) is 4. The summed E-state index contributed by atoms with van der Waals surface area (Å²) in [6.45, 7) is 3.33. The first kappa shape index (κ1) is 11.1. The van der Waals surface area contributed by atoms with Crippen LogP contribution in [0.1, 0.15) is 23.1 Å². The van der Waals surface area contributed by atoms with Gasteiger partial charge in [-0.1, -0.05) is 0 Å². The van der Waals surface area contributed by atoms with Gasteiger partial charge in [-0.15, -0.1) is 10.1 Å². The minimum absolute atomic E-state index is 0.00810. The van der Waals surface area contributed by atoms with Crippen LogP contribution < -0.4 is 0 Å². The zero-order chi connectivity index (χ0) is 10.4. The Hall–Kier alpha value is -1.92. The average molecular weight is 187 g/mol. The summed E-state index contributed by atoms with van der Waals surface area (Å²) in [5, 5.41) is 13.6. The van der Waals surface area contributed by atoms with Crippen LogP contribution in [0.3, 0.4) is 0 Å². The van der Waals surface area contributed by atoms with Crippen molar-refractivity contribution in [3.05, 3.63) is 27.8 Å². The van der Waals surface area contributed by atoms with Crippen LogP contribution in [-0.2, 0) is 0 Å². The summed E-state index contributed by atoms with van der Waals surface area (Å²) in [6, 6.07) is 0. The molecule has 1 rings (SSSR count). The number of carbonyl (C=O) groups is 1. The van der Waals surface area contributed by atoms with Gasteiger partial charge in [0.1, 0.15) is 5.69 Å². The maximum absolute atomic E-state index is 10.6. The summed E-state index contributed by atoms with van der Waals surface area (Å²) in [7, 11) is 0. The van der Waals surface area contributed by atoms with Crippen LogP contribution in [0.15, 0.2) is 6.33 Å². The molecular weight excluding hydrogens is 178 g/mol. The van der Waals surface area contributed by atoms with Gasteiger partial charge in [-0.2, -0.15) is 0 Å². The number of nitrogens with zero attached hydrogens (tertiary/aromatic N) is 2. The molecule has 0 aliphatic heterocycles. The molecule has 0 amide bonds. The molecule has 7 heteroatoms. The van der Waals surface area contributed by atoms with Crippen LogP contribution >= 0.6 is 0 Å². The molecule has 2 N–H and O–H groups in total. The number of nitrogens with one attached hydrogen (secondary N) is 1. The van der Waals surface area contributed by atoms with Crippen LogP contribution in [0.2, 0.25) is 0 Å². The number of rotatable bonds is 1. The molecule has 7 nitrogen and oxygen atoms in total. The summed E-state index contributed by atoms with van der Waals surface area (Å²) in [6.07, 6.45) is 1.52. The molecule has 0 atom stereocenters.